The molecule has 0 unspecified atom stereocenters. The molecule has 25 heavy (non-hydrogen) atoms. The van der Waals surface area contributed by atoms with E-state index in [0.717, 1.165) is 31.2 Å². The first kappa shape index (κ1) is 16.1. The Morgan fingerprint density at radius 3 is 2.72 bits per heavy atom. The maximum absolute atomic E-state index is 13.4. The second kappa shape index (κ2) is 6.17. The lowest BCUT2D eigenvalue weighted by molar-refractivity contribution is -0.150. The average Bonchev–Trinajstić information content (AvgIpc) is 3.00. The van der Waals surface area contributed by atoms with E-state index < -0.39 is 17.9 Å². The Bertz CT molecular complexity index is 732. The highest BCUT2D eigenvalue weighted by Gasteiger charge is 2.49. The van der Waals surface area contributed by atoms with Crippen LogP contribution in [0.4, 0.5) is 5.69 Å². The molecule has 0 spiro atoms. The third kappa shape index (κ3) is 2.69. The highest BCUT2D eigenvalue weighted by Crippen LogP contribution is 2.43. The summed E-state index contributed by atoms with van der Waals surface area (Å²) in [7, 11) is 0. The van der Waals surface area contributed by atoms with Crippen LogP contribution in [-0.2, 0) is 14.4 Å². The van der Waals surface area contributed by atoms with Crippen molar-refractivity contribution in [3.8, 4) is 0 Å². The third-order valence-electron chi connectivity index (χ3n) is 5.93. The van der Waals surface area contributed by atoms with Gasteiger partial charge in [0, 0.05) is 18.2 Å². The molecule has 0 aromatic heterocycles. The lowest BCUT2D eigenvalue weighted by atomic mass is 9.84. The van der Waals surface area contributed by atoms with Crippen molar-refractivity contribution >= 4 is 23.5 Å². The number of anilines is 1. The maximum Gasteiger partial charge on any atom is 0.326 e. The van der Waals surface area contributed by atoms with Crippen LogP contribution in [0.2, 0.25) is 0 Å². The Hall–Kier alpha value is -2.37. The third-order valence-corrected chi connectivity index (χ3v) is 5.93. The number of para-hydroxylation sites is 1. The summed E-state index contributed by atoms with van der Waals surface area (Å²) in [5.74, 6) is -1.65. The summed E-state index contributed by atoms with van der Waals surface area (Å²) in [5, 5.41) is 12.5. The fourth-order valence-corrected chi connectivity index (χ4v) is 4.81. The number of carbonyl (C=O) groups is 3. The minimum Gasteiger partial charge on any atom is -0.480 e. The minimum atomic E-state index is -0.934. The Kier molecular flexibility index (Phi) is 3.98. The molecule has 1 aromatic carbocycles. The number of fused-ring (bicyclic) bond motifs is 2. The molecule has 2 fully saturated rings. The van der Waals surface area contributed by atoms with Crippen LogP contribution in [0.3, 0.4) is 0 Å². The van der Waals surface area contributed by atoms with Crippen molar-refractivity contribution in [3.63, 3.8) is 0 Å². The van der Waals surface area contributed by atoms with Gasteiger partial charge in [0.15, 0.2) is 0 Å². The number of hydrogen-bond donors (Lipinski definition) is 2. The quantitative estimate of drug-likeness (QED) is 0.864. The first-order chi connectivity index (χ1) is 12.1. The number of nitrogens with one attached hydrogen (secondary N) is 1. The highest BCUT2D eigenvalue weighted by atomic mass is 16.4. The van der Waals surface area contributed by atoms with Gasteiger partial charge in [-0.15, -0.1) is 0 Å². The predicted octanol–water partition coefficient (Wildman–Crippen LogP) is 2.36. The van der Waals surface area contributed by atoms with E-state index in [-0.39, 0.29) is 30.2 Å². The molecule has 4 rings (SSSR count). The summed E-state index contributed by atoms with van der Waals surface area (Å²) in [6, 6.07) is 6.53. The van der Waals surface area contributed by atoms with Gasteiger partial charge < -0.3 is 15.3 Å². The lowest BCUT2D eigenvalue weighted by Gasteiger charge is -2.36. The summed E-state index contributed by atoms with van der Waals surface area (Å²) >= 11 is 0. The number of likely N-dealkylation sites (tertiary alicyclic amines) is 1. The van der Waals surface area contributed by atoms with Crippen molar-refractivity contribution in [2.45, 2.75) is 56.5 Å². The molecule has 4 atom stereocenters. The predicted molar refractivity (Wildman–Crippen MR) is 91.1 cm³/mol. The van der Waals surface area contributed by atoms with Gasteiger partial charge in [-0.2, -0.15) is 0 Å². The number of carboxylic acids is 1. The van der Waals surface area contributed by atoms with E-state index in [2.05, 4.69) is 5.32 Å². The Morgan fingerprint density at radius 2 is 1.92 bits per heavy atom. The van der Waals surface area contributed by atoms with Crippen LogP contribution < -0.4 is 5.32 Å². The van der Waals surface area contributed by atoms with Gasteiger partial charge in [0.25, 0.3) is 0 Å². The van der Waals surface area contributed by atoms with Gasteiger partial charge in [-0.05, 0) is 36.8 Å². The molecule has 2 heterocycles. The van der Waals surface area contributed by atoms with Gasteiger partial charge in [0.05, 0.1) is 5.92 Å². The summed E-state index contributed by atoms with van der Waals surface area (Å²) in [6.07, 6.45) is 4.59. The number of nitrogens with zero attached hydrogens (tertiary/aromatic N) is 1. The standard InChI is InChI=1S/C19H22N2O4/c22-17-10-13(12-6-2-3-7-14(12)20-17)18(23)21-15-8-4-1-5-11(15)9-16(21)19(24)25/h2-3,6-7,11,13,15-16H,1,4-5,8-10H2,(H,20,22)(H,24,25)/t11-,13-,15-,16-/m0/s1. The van der Waals surface area contributed by atoms with Crippen molar-refractivity contribution in [3.05, 3.63) is 29.8 Å². The zero-order valence-electron chi connectivity index (χ0n) is 14.0. The molecule has 2 aliphatic heterocycles. The number of carbonyl (C=O) groups excluding carboxylic acids is 2. The van der Waals surface area contributed by atoms with Crippen molar-refractivity contribution in [1.29, 1.82) is 0 Å². The van der Waals surface area contributed by atoms with Gasteiger partial charge in [-0.1, -0.05) is 31.0 Å². The largest absolute Gasteiger partial charge is 0.480 e. The summed E-state index contributed by atoms with van der Waals surface area (Å²) < 4.78 is 0. The molecule has 1 saturated heterocycles. The fourth-order valence-electron chi connectivity index (χ4n) is 4.81. The van der Waals surface area contributed by atoms with Crippen LogP contribution in [0.5, 0.6) is 0 Å². The highest BCUT2D eigenvalue weighted by molar-refractivity contribution is 6.02. The van der Waals surface area contributed by atoms with Gasteiger partial charge >= 0.3 is 5.97 Å². The summed E-state index contributed by atoms with van der Waals surface area (Å²) in [5.41, 5.74) is 1.44. The molecule has 6 heteroatoms. The molecule has 1 aliphatic carbocycles. The minimum absolute atomic E-state index is 0.000463. The van der Waals surface area contributed by atoms with Crippen molar-refractivity contribution in [1.82, 2.24) is 4.90 Å². The Morgan fingerprint density at radius 1 is 1.16 bits per heavy atom. The second-order valence-corrected chi connectivity index (χ2v) is 7.34. The van der Waals surface area contributed by atoms with Crippen LogP contribution in [-0.4, -0.2) is 39.9 Å². The Labute approximate surface area is 146 Å². The second-order valence-electron chi connectivity index (χ2n) is 7.34. The molecular weight excluding hydrogens is 320 g/mol. The smallest absolute Gasteiger partial charge is 0.326 e. The molecule has 2 N–H and O–H groups in total. The zero-order valence-corrected chi connectivity index (χ0v) is 14.0. The van der Waals surface area contributed by atoms with E-state index in [4.69, 9.17) is 0 Å². The number of hydrogen-bond acceptors (Lipinski definition) is 3. The van der Waals surface area contributed by atoms with Gasteiger partial charge in [0.2, 0.25) is 11.8 Å². The molecular formula is C19H22N2O4. The molecule has 3 aliphatic rings. The molecule has 0 bridgehead atoms. The Balaban J connectivity index is 1.69. The number of aliphatic carboxylic acids is 1. The van der Waals surface area contributed by atoms with Crippen LogP contribution in [0.15, 0.2) is 24.3 Å². The fraction of sp³-hybridized carbons (Fsp3) is 0.526. The number of amides is 2. The molecule has 1 saturated carbocycles. The zero-order chi connectivity index (χ0) is 17.6. The van der Waals surface area contributed by atoms with E-state index >= 15 is 0 Å². The van der Waals surface area contributed by atoms with E-state index in [1.807, 2.05) is 18.2 Å². The van der Waals surface area contributed by atoms with Gasteiger partial charge in [-0.3, -0.25) is 9.59 Å². The topological polar surface area (TPSA) is 86.7 Å². The van der Waals surface area contributed by atoms with Gasteiger partial charge in [-0.25, -0.2) is 4.79 Å². The molecule has 2 amide bonds. The number of carboxylic acid groups (broad SMARTS) is 1. The van der Waals surface area contributed by atoms with Crippen LogP contribution in [0.25, 0.3) is 0 Å². The number of rotatable bonds is 2. The van der Waals surface area contributed by atoms with Crippen LogP contribution >= 0.6 is 0 Å². The average molecular weight is 342 g/mol. The first-order valence-corrected chi connectivity index (χ1v) is 9.00. The van der Waals surface area contributed by atoms with Crippen LogP contribution in [0, 0.1) is 5.92 Å². The van der Waals surface area contributed by atoms with Crippen molar-refractivity contribution < 1.29 is 19.5 Å². The molecule has 6 nitrogen and oxygen atoms in total. The first-order valence-electron chi connectivity index (χ1n) is 9.00. The van der Waals surface area contributed by atoms with Crippen LogP contribution in [0.1, 0.15) is 50.0 Å². The van der Waals surface area contributed by atoms with E-state index in [0.29, 0.717) is 12.1 Å². The summed E-state index contributed by atoms with van der Waals surface area (Å²) in [4.78, 5) is 38.8. The molecule has 132 valence electrons. The number of benzene rings is 1. The monoisotopic (exact) mass is 342 g/mol. The lowest BCUT2D eigenvalue weighted by Crippen LogP contribution is -2.49. The maximum atomic E-state index is 13.4. The van der Waals surface area contributed by atoms with E-state index in [1.165, 1.54) is 0 Å². The van der Waals surface area contributed by atoms with Gasteiger partial charge in [0.1, 0.15) is 6.04 Å². The SMILES string of the molecule is O=C1C[C@H](C(=O)N2[C@H](C(=O)O)C[C@@H]3CCCC[C@@H]32)c2ccccc2N1. The van der Waals surface area contributed by atoms with Crippen molar-refractivity contribution in [2.24, 2.45) is 5.92 Å². The van der Waals surface area contributed by atoms with E-state index in [9.17, 15) is 19.5 Å². The molecule has 1 aromatic rings. The molecule has 0 radical (unpaired) electrons. The summed E-state index contributed by atoms with van der Waals surface area (Å²) in [6.45, 7) is 0. The van der Waals surface area contributed by atoms with Crippen molar-refractivity contribution in [2.75, 3.05) is 5.32 Å². The normalized spacial score (nSPS) is 31.0. The van der Waals surface area contributed by atoms with E-state index in [1.54, 1.807) is 11.0 Å².